The third kappa shape index (κ3) is 7.68. The van der Waals surface area contributed by atoms with Crippen molar-refractivity contribution in [2.45, 2.75) is 45.7 Å². The molecule has 3 nitrogen and oxygen atoms in total. The lowest BCUT2D eigenvalue weighted by Crippen LogP contribution is -2.38. The van der Waals surface area contributed by atoms with E-state index in [-0.39, 0.29) is 18.0 Å². The van der Waals surface area contributed by atoms with E-state index in [1.54, 1.807) is 11.8 Å². The van der Waals surface area contributed by atoms with E-state index in [2.05, 4.69) is 11.6 Å². The second-order valence-electron chi connectivity index (χ2n) is 4.36. The fraction of sp³-hybridized carbons (Fsp3) is 0.909. The van der Waals surface area contributed by atoms with Crippen molar-refractivity contribution >= 4 is 17.7 Å². The normalized spacial score (nSPS) is 15.1. The fourth-order valence-electron chi connectivity index (χ4n) is 1.15. The standard InChI is InChI=1S/C11H24N2OS/c1-8(2)10(12)7-11(14)13-9(3)5-6-15-4/h8-10H,5-7,12H2,1-4H3,(H,13,14). The molecule has 3 N–H and O–H groups in total. The number of thioether (sulfide) groups is 1. The molecule has 0 aromatic rings. The van der Waals surface area contributed by atoms with Gasteiger partial charge in [0.25, 0.3) is 0 Å². The van der Waals surface area contributed by atoms with Crippen molar-refractivity contribution in [2.24, 2.45) is 11.7 Å². The Hall–Kier alpha value is -0.220. The van der Waals surface area contributed by atoms with Crippen LogP contribution in [0.25, 0.3) is 0 Å². The zero-order chi connectivity index (χ0) is 11.8. The first-order valence-corrected chi connectivity index (χ1v) is 6.90. The first-order valence-electron chi connectivity index (χ1n) is 5.51. The van der Waals surface area contributed by atoms with Crippen LogP contribution in [0.4, 0.5) is 0 Å². The molecule has 2 atom stereocenters. The number of carbonyl (C=O) groups excluding carboxylic acids is 1. The minimum Gasteiger partial charge on any atom is -0.354 e. The monoisotopic (exact) mass is 232 g/mol. The Balaban J connectivity index is 3.73. The van der Waals surface area contributed by atoms with E-state index in [4.69, 9.17) is 5.73 Å². The van der Waals surface area contributed by atoms with Crippen molar-refractivity contribution in [1.29, 1.82) is 0 Å². The SMILES string of the molecule is CSCCC(C)NC(=O)CC(N)C(C)C. The predicted octanol–water partition coefficient (Wildman–Crippen LogP) is 1.62. The summed E-state index contributed by atoms with van der Waals surface area (Å²) in [6.45, 7) is 6.11. The van der Waals surface area contributed by atoms with Crippen molar-refractivity contribution in [1.82, 2.24) is 5.32 Å². The van der Waals surface area contributed by atoms with E-state index >= 15 is 0 Å². The Kier molecular flexibility index (Phi) is 7.88. The molecule has 2 unspecified atom stereocenters. The van der Waals surface area contributed by atoms with E-state index in [1.807, 2.05) is 20.8 Å². The van der Waals surface area contributed by atoms with E-state index in [0.29, 0.717) is 12.3 Å². The lowest BCUT2D eigenvalue weighted by Gasteiger charge is -2.18. The molecule has 90 valence electrons. The number of amides is 1. The number of rotatable bonds is 7. The van der Waals surface area contributed by atoms with E-state index in [9.17, 15) is 4.79 Å². The molecule has 0 aliphatic carbocycles. The molecule has 0 radical (unpaired) electrons. The highest BCUT2D eigenvalue weighted by atomic mass is 32.2. The molecule has 0 bridgehead atoms. The molecule has 0 saturated heterocycles. The highest BCUT2D eigenvalue weighted by Gasteiger charge is 2.14. The highest BCUT2D eigenvalue weighted by Crippen LogP contribution is 2.04. The quantitative estimate of drug-likeness (QED) is 0.701. The van der Waals surface area contributed by atoms with Crippen LogP contribution in [0, 0.1) is 5.92 Å². The van der Waals surface area contributed by atoms with Gasteiger partial charge in [0.1, 0.15) is 0 Å². The van der Waals surface area contributed by atoms with Gasteiger partial charge in [-0.3, -0.25) is 4.79 Å². The van der Waals surface area contributed by atoms with Crippen molar-refractivity contribution < 1.29 is 4.79 Å². The molecule has 0 aromatic heterocycles. The van der Waals surface area contributed by atoms with Crippen molar-refractivity contribution in [3.8, 4) is 0 Å². The number of carbonyl (C=O) groups is 1. The summed E-state index contributed by atoms with van der Waals surface area (Å²) < 4.78 is 0. The fourth-order valence-corrected chi connectivity index (χ4v) is 1.74. The smallest absolute Gasteiger partial charge is 0.221 e. The zero-order valence-corrected chi connectivity index (χ0v) is 11.1. The van der Waals surface area contributed by atoms with Gasteiger partial charge in [0, 0.05) is 18.5 Å². The Morgan fingerprint density at radius 1 is 1.40 bits per heavy atom. The molecule has 15 heavy (non-hydrogen) atoms. The van der Waals surface area contributed by atoms with Gasteiger partial charge >= 0.3 is 0 Å². The summed E-state index contributed by atoms with van der Waals surface area (Å²) in [4.78, 5) is 11.5. The molecule has 0 aromatic carbocycles. The van der Waals surface area contributed by atoms with Crippen LogP contribution in [0.15, 0.2) is 0 Å². The third-order valence-electron chi connectivity index (χ3n) is 2.44. The lowest BCUT2D eigenvalue weighted by atomic mass is 10.0. The van der Waals surface area contributed by atoms with Gasteiger partial charge in [-0.05, 0) is 31.3 Å². The summed E-state index contributed by atoms with van der Waals surface area (Å²) in [5.41, 5.74) is 5.83. The Labute approximate surface area is 97.6 Å². The minimum absolute atomic E-state index is 0.0299. The molecule has 0 aliphatic heterocycles. The number of hydrogen-bond acceptors (Lipinski definition) is 3. The van der Waals surface area contributed by atoms with Crippen LogP contribution < -0.4 is 11.1 Å². The first-order chi connectivity index (χ1) is 6.97. The number of hydrogen-bond donors (Lipinski definition) is 2. The summed E-state index contributed by atoms with van der Waals surface area (Å²) in [5.74, 6) is 1.51. The van der Waals surface area contributed by atoms with Crippen LogP contribution in [0.1, 0.15) is 33.6 Å². The average Bonchev–Trinajstić information content (AvgIpc) is 2.14. The van der Waals surface area contributed by atoms with Gasteiger partial charge in [-0.25, -0.2) is 0 Å². The van der Waals surface area contributed by atoms with Gasteiger partial charge in [-0.2, -0.15) is 11.8 Å². The maximum absolute atomic E-state index is 11.5. The number of nitrogens with one attached hydrogen (secondary N) is 1. The highest BCUT2D eigenvalue weighted by molar-refractivity contribution is 7.98. The van der Waals surface area contributed by atoms with Crippen molar-refractivity contribution in [3.63, 3.8) is 0 Å². The molecule has 0 saturated carbocycles. The molecule has 0 aliphatic rings. The summed E-state index contributed by atoms with van der Waals surface area (Å²) in [6, 6.07) is 0.224. The second-order valence-corrected chi connectivity index (χ2v) is 5.35. The van der Waals surface area contributed by atoms with Crippen LogP contribution in [0.5, 0.6) is 0 Å². The molecular weight excluding hydrogens is 208 g/mol. The molecule has 0 rings (SSSR count). The molecular formula is C11H24N2OS. The molecule has 0 fully saturated rings. The van der Waals surface area contributed by atoms with Gasteiger partial charge in [0.2, 0.25) is 5.91 Å². The Morgan fingerprint density at radius 2 is 2.00 bits per heavy atom. The summed E-state index contributed by atoms with van der Waals surface area (Å²) >= 11 is 1.80. The zero-order valence-electron chi connectivity index (χ0n) is 10.2. The Bertz CT molecular complexity index is 185. The van der Waals surface area contributed by atoms with Gasteiger partial charge in [-0.15, -0.1) is 0 Å². The molecule has 0 spiro atoms. The second kappa shape index (κ2) is 7.99. The topological polar surface area (TPSA) is 55.1 Å². The molecule has 0 heterocycles. The third-order valence-corrected chi connectivity index (χ3v) is 3.08. The first kappa shape index (κ1) is 14.8. The Morgan fingerprint density at radius 3 is 2.47 bits per heavy atom. The number of nitrogens with two attached hydrogens (primary N) is 1. The largest absolute Gasteiger partial charge is 0.354 e. The van der Waals surface area contributed by atoms with Crippen LogP contribution >= 0.6 is 11.8 Å². The molecule has 4 heteroatoms. The van der Waals surface area contributed by atoms with E-state index in [0.717, 1.165) is 12.2 Å². The van der Waals surface area contributed by atoms with E-state index < -0.39 is 0 Å². The van der Waals surface area contributed by atoms with Gasteiger partial charge in [0.05, 0.1) is 0 Å². The summed E-state index contributed by atoms with van der Waals surface area (Å²) in [7, 11) is 0. The van der Waals surface area contributed by atoms with Gasteiger partial charge in [0.15, 0.2) is 0 Å². The summed E-state index contributed by atoms with van der Waals surface area (Å²) in [5, 5.41) is 2.97. The van der Waals surface area contributed by atoms with Gasteiger partial charge in [-0.1, -0.05) is 13.8 Å². The van der Waals surface area contributed by atoms with Crippen molar-refractivity contribution in [3.05, 3.63) is 0 Å². The van der Waals surface area contributed by atoms with Crippen LogP contribution in [-0.2, 0) is 4.79 Å². The van der Waals surface area contributed by atoms with Crippen LogP contribution in [0.2, 0.25) is 0 Å². The lowest BCUT2D eigenvalue weighted by molar-refractivity contribution is -0.122. The summed E-state index contributed by atoms with van der Waals surface area (Å²) in [6.07, 6.45) is 3.52. The van der Waals surface area contributed by atoms with E-state index in [1.165, 1.54) is 0 Å². The van der Waals surface area contributed by atoms with Gasteiger partial charge < -0.3 is 11.1 Å². The minimum atomic E-state index is -0.0299. The van der Waals surface area contributed by atoms with Crippen LogP contribution in [0.3, 0.4) is 0 Å². The van der Waals surface area contributed by atoms with Crippen molar-refractivity contribution in [2.75, 3.05) is 12.0 Å². The predicted molar refractivity (Wildman–Crippen MR) is 68.0 cm³/mol. The molecule has 1 amide bonds. The average molecular weight is 232 g/mol. The maximum atomic E-state index is 11.5. The maximum Gasteiger partial charge on any atom is 0.221 e. The van der Waals surface area contributed by atoms with Crippen LogP contribution in [-0.4, -0.2) is 30.0 Å².